The van der Waals surface area contributed by atoms with Crippen molar-refractivity contribution in [3.05, 3.63) is 35.4 Å². The molecule has 116 valence electrons. The Morgan fingerprint density at radius 2 is 1.90 bits per heavy atom. The second kappa shape index (κ2) is 5.97. The summed E-state index contributed by atoms with van der Waals surface area (Å²) >= 11 is 0. The lowest BCUT2D eigenvalue weighted by Gasteiger charge is -2.32. The quantitative estimate of drug-likeness (QED) is 0.920. The summed E-state index contributed by atoms with van der Waals surface area (Å²) < 4.78 is 38.9. The van der Waals surface area contributed by atoms with Crippen LogP contribution in [0.5, 0.6) is 0 Å². The van der Waals surface area contributed by atoms with Crippen molar-refractivity contribution in [3.8, 4) is 0 Å². The average molecular weight is 298 g/mol. The molecule has 2 saturated heterocycles. The van der Waals surface area contributed by atoms with Gasteiger partial charge in [-0.2, -0.15) is 13.2 Å². The van der Waals surface area contributed by atoms with Crippen molar-refractivity contribution in [2.45, 2.75) is 50.5 Å². The maximum absolute atomic E-state index is 13.0. The molecule has 1 aromatic carbocycles. The molecule has 2 atom stereocenters. The van der Waals surface area contributed by atoms with Crippen molar-refractivity contribution in [2.24, 2.45) is 0 Å². The summed E-state index contributed by atoms with van der Waals surface area (Å²) in [5.74, 6) is 0. The van der Waals surface area contributed by atoms with Gasteiger partial charge in [-0.25, -0.2) is 0 Å². The molecule has 0 amide bonds. The highest BCUT2D eigenvalue weighted by Gasteiger charge is 2.36. The molecular weight excluding hydrogens is 277 g/mol. The molecule has 2 aliphatic rings. The first-order valence-electron chi connectivity index (χ1n) is 7.68. The molecule has 2 aliphatic heterocycles. The van der Waals surface area contributed by atoms with Gasteiger partial charge in [0.2, 0.25) is 0 Å². The van der Waals surface area contributed by atoms with Crippen LogP contribution in [0.1, 0.15) is 36.8 Å². The molecule has 2 fully saturated rings. The largest absolute Gasteiger partial charge is 0.416 e. The van der Waals surface area contributed by atoms with E-state index in [1.165, 1.54) is 31.4 Å². The van der Waals surface area contributed by atoms with Gasteiger partial charge in [0, 0.05) is 25.2 Å². The average Bonchev–Trinajstić information content (AvgIpc) is 2.88. The second-order valence-electron chi connectivity index (χ2n) is 6.03. The molecule has 1 aromatic rings. The fraction of sp³-hybridized carbons (Fsp3) is 0.625. The van der Waals surface area contributed by atoms with Crippen molar-refractivity contribution in [2.75, 3.05) is 13.1 Å². The van der Waals surface area contributed by atoms with Crippen molar-refractivity contribution in [1.82, 2.24) is 10.2 Å². The summed E-state index contributed by atoms with van der Waals surface area (Å²) in [5, 5.41) is 3.37. The molecule has 0 aliphatic carbocycles. The smallest absolute Gasteiger partial charge is 0.308 e. The summed E-state index contributed by atoms with van der Waals surface area (Å²) in [6, 6.07) is 6.70. The molecule has 0 saturated carbocycles. The zero-order valence-electron chi connectivity index (χ0n) is 12.0. The number of fused-ring (bicyclic) bond motifs is 1. The van der Waals surface area contributed by atoms with Gasteiger partial charge in [0.05, 0.1) is 5.56 Å². The van der Waals surface area contributed by atoms with Crippen LogP contribution in [0.25, 0.3) is 0 Å². The van der Waals surface area contributed by atoms with Gasteiger partial charge in [0.15, 0.2) is 0 Å². The predicted molar refractivity (Wildman–Crippen MR) is 75.9 cm³/mol. The van der Waals surface area contributed by atoms with Gasteiger partial charge in [-0.1, -0.05) is 24.6 Å². The topological polar surface area (TPSA) is 15.3 Å². The minimum absolute atomic E-state index is 0.296. The number of alkyl halides is 3. The van der Waals surface area contributed by atoms with Crippen LogP contribution in [0.3, 0.4) is 0 Å². The first kappa shape index (κ1) is 14.9. The summed E-state index contributed by atoms with van der Waals surface area (Å²) in [6.07, 6.45) is 0.418. The van der Waals surface area contributed by atoms with Crippen molar-refractivity contribution >= 4 is 0 Å². The molecule has 0 bridgehead atoms. The SMILES string of the molecule is FC(F)(F)c1ccccc1CNC1CCN2CCCCC12. The molecule has 2 unspecified atom stereocenters. The molecule has 2 heterocycles. The van der Waals surface area contributed by atoms with Gasteiger partial charge in [0.25, 0.3) is 0 Å². The molecule has 3 rings (SSSR count). The maximum atomic E-state index is 13.0. The van der Waals surface area contributed by atoms with Crippen molar-refractivity contribution < 1.29 is 13.2 Å². The number of benzene rings is 1. The third-order valence-corrected chi connectivity index (χ3v) is 4.73. The van der Waals surface area contributed by atoms with Crippen LogP contribution in [-0.2, 0) is 12.7 Å². The van der Waals surface area contributed by atoms with Crippen LogP contribution in [0.2, 0.25) is 0 Å². The Bertz CT molecular complexity index is 487. The summed E-state index contributed by atoms with van der Waals surface area (Å²) in [6.45, 7) is 2.51. The lowest BCUT2D eigenvalue weighted by molar-refractivity contribution is -0.138. The summed E-state index contributed by atoms with van der Waals surface area (Å²) in [5.41, 5.74) is -0.171. The maximum Gasteiger partial charge on any atom is 0.416 e. The molecular formula is C16H21F3N2. The number of hydrogen-bond acceptors (Lipinski definition) is 2. The third kappa shape index (κ3) is 3.24. The Labute approximate surface area is 123 Å². The highest BCUT2D eigenvalue weighted by atomic mass is 19.4. The number of hydrogen-bond donors (Lipinski definition) is 1. The molecule has 0 aromatic heterocycles. The second-order valence-corrected chi connectivity index (χ2v) is 6.03. The Morgan fingerprint density at radius 3 is 2.71 bits per heavy atom. The van der Waals surface area contributed by atoms with Crippen LogP contribution < -0.4 is 5.32 Å². The van der Waals surface area contributed by atoms with Gasteiger partial charge in [-0.3, -0.25) is 4.90 Å². The van der Waals surface area contributed by atoms with E-state index in [-0.39, 0.29) is 0 Å². The van der Waals surface area contributed by atoms with Gasteiger partial charge in [-0.05, 0) is 37.4 Å². The number of halogens is 3. The van der Waals surface area contributed by atoms with E-state index in [1.807, 2.05) is 0 Å². The van der Waals surface area contributed by atoms with E-state index < -0.39 is 11.7 Å². The molecule has 5 heteroatoms. The lowest BCUT2D eigenvalue weighted by Crippen LogP contribution is -2.44. The standard InChI is InChI=1S/C16H21F3N2/c17-16(18,19)13-6-2-1-5-12(13)11-20-14-8-10-21-9-4-3-7-15(14)21/h1-2,5-6,14-15,20H,3-4,7-11H2. The normalized spacial score (nSPS) is 26.8. The summed E-state index contributed by atoms with van der Waals surface area (Å²) in [4.78, 5) is 2.48. The Morgan fingerprint density at radius 1 is 1.10 bits per heavy atom. The zero-order chi connectivity index (χ0) is 14.9. The van der Waals surface area contributed by atoms with E-state index in [2.05, 4.69) is 10.2 Å². The fourth-order valence-electron chi connectivity index (χ4n) is 3.68. The van der Waals surface area contributed by atoms with E-state index in [1.54, 1.807) is 12.1 Å². The van der Waals surface area contributed by atoms with Gasteiger partial charge < -0.3 is 5.32 Å². The molecule has 0 spiro atoms. The van der Waals surface area contributed by atoms with E-state index in [0.29, 0.717) is 24.2 Å². The van der Waals surface area contributed by atoms with Gasteiger partial charge in [-0.15, -0.1) is 0 Å². The van der Waals surface area contributed by atoms with Crippen LogP contribution >= 0.6 is 0 Å². The predicted octanol–water partition coefficient (Wildman–Crippen LogP) is 3.42. The van der Waals surface area contributed by atoms with Crippen LogP contribution in [-0.4, -0.2) is 30.1 Å². The Hall–Kier alpha value is -1.07. The molecule has 0 radical (unpaired) electrons. The van der Waals surface area contributed by atoms with Gasteiger partial charge >= 0.3 is 6.18 Å². The first-order chi connectivity index (χ1) is 10.1. The van der Waals surface area contributed by atoms with Crippen LogP contribution in [0, 0.1) is 0 Å². The minimum atomic E-state index is -4.27. The number of nitrogens with one attached hydrogen (secondary N) is 1. The Balaban J connectivity index is 1.66. The first-order valence-corrected chi connectivity index (χ1v) is 7.68. The van der Waals surface area contributed by atoms with Crippen LogP contribution in [0.15, 0.2) is 24.3 Å². The van der Waals surface area contributed by atoms with Crippen LogP contribution in [0.4, 0.5) is 13.2 Å². The lowest BCUT2D eigenvalue weighted by atomic mass is 9.98. The Kier molecular flexibility index (Phi) is 4.22. The fourth-order valence-corrected chi connectivity index (χ4v) is 3.68. The molecule has 2 nitrogen and oxygen atoms in total. The number of piperidine rings is 1. The third-order valence-electron chi connectivity index (χ3n) is 4.73. The molecule has 1 N–H and O–H groups in total. The van der Waals surface area contributed by atoms with E-state index in [0.717, 1.165) is 19.5 Å². The highest BCUT2D eigenvalue weighted by Crippen LogP contribution is 2.32. The van der Waals surface area contributed by atoms with Crippen molar-refractivity contribution in [3.63, 3.8) is 0 Å². The zero-order valence-corrected chi connectivity index (χ0v) is 12.0. The monoisotopic (exact) mass is 298 g/mol. The summed E-state index contributed by atoms with van der Waals surface area (Å²) in [7, 11) is 0. The van der Waals surface area contributed by atoms with E-state index in [9.17, 15) is 13.2 Å². The van der Waals surface area contributed by atoms with E-state index >= 15 is 0 Å². The van der Waals surface area contributed by atoms with Crippen molar-refractivity contribution in [1.29, 1.82) is 0 Å². The highest BCUT2D eigenvalue weighted by molar-refractivity contribution is 5.29. The van der Waals surface area contributed by atoms with E-state index in [4.69, 9.17) is 0 Å². The minimum Gasteiger partial charge on any atom is -0.308 e. The molecule has 21 heavy (non-hydrogen) atoms. The number of nitrogens with zero attached hydrogens (tertiary/aromatic N) is 1. The van der Waals surface area contributed by atoms with Gasteiger partial charge in [0.1, 0.15) is 0 Å². The number of rotatable bonds is 3.